The minimum Gasteiger partial charge on any atom is -0.489 e. The lowest BCUT2D eigenvalue weighted by atomic mass is 10.1. The van der Waals surface area contributed by atoms with Gasteiger partial charge in [0.25, 0.3) is 0 Å². The third-order valence-electron chi connectivity index (χ3n) is 3.15. The second-order valence-electron chi connectivity index (χ2n) is 4.45. The van der Waals surface area contributed by atoms with Gasteiger partial charge in [0.1, 0.15) is 18.7 Å². The van der Waals surface area contributed by atoms with Gasteiger partial charge in [0, 0.05) is 6.20 Å². The Balaban J connectivity index is 1.92. The van der Waals surface area contributed by atoms with Crippen molar-refractivity contribution in [2.45, 2.75) is 6.54 Å². The van der Waals surface area contributed by atoms with Crippen molar-refractivity contribution >= 4 is 17.6 Å². The van der Waals surface area contributed by atoms with Crippen LogP contribution in [0, 0.1) is 0 Å². The van der Waals surface area contributed by atoms with E-state index in [1.165, 1.54) is 21.8 Å². The molecule has 1 aromatic heterocycles. The fraction of sp³-hybridized carbons (Fsp3) is 0.231. The largest absolute Gasteiger partial charge is 0.489 e. The molecular formula is C13H12N4O4. The minimum absolute atomic E-state index is 0.0384. The van der Waals surface area contributed by atoms with Gasteiger partial charge in [-0.25, -0.2) is 9.48 Å². The Morgan fingerprint density at radius 1 is 1.38 bits per heavy atom. The molecule has 0 spiro atoms. The van der Waals surface area contributed by atoms with Crippen LogP contribution in [0.3, 0.4) is 0 Å². The van der Waals surface area contributed by atoms with E-state index in [1.807, 2.05) is 0 Å². The Bertz CT molecular complexity index is 683. The van der Waals surface area contributed by atoms with Crippen LogP contribution >= 0.6 is 0 Å². The van der Waals surface area contributed by atoms with Gasteiger partial charge in [0.05, 0.1) is 18.4 Å². The van der Waals surface area contributed by atoms with Gasteiger partial charge in [0.15, 0.2) is 5.75 Å². The summed E-state index contributed by atoms with van der Waals surface area (Å²) < 4.78 is 6.84. The van der Waals surface area contributed by atoms with Gasteiger partial charge in [-0.05, 0) is 12.1 Å². The van der Waals surface area contributed by atoms with E-state index < -0.39 is 5.97 Å². The smallest absolute Gasteiger partial charge is 0.339 e. The van der Waals surface area contributed by atoms with E-state index in [-0.39, 0.29) is 30.4 Å². The first-order valence-corrected chi connectivity index (χ1v) is 6.30. The van der Waals surface area contributed by atoms with Gasteiger partial charge >= 0.3 is 5.97 Å². The maximum Gasteiger partial charge on any atom is 0.339 e. The third kappa shape index (κ3) is 2.42. The highest BCUT2D eigenvalue weighted by atomic mass is 16.5. The third-order valence-corrected chi connectivity index (χ3v) is 3.15. The van der Waals surface area contributed by atoms with Crippen LogP contribution in [0.1, 0.15) is 10.4 Å². The number of carboxylic acids is 1. The normalized spacial score (nSPS) is 13.4. The van der Waals surface area contributed by atoms with E-state index in [9.17, 15) is 9.59 Å². The topological polar surface area (TPSA) is 97.6 Å². The Morgan fingerprint density at radius 2 is 2.24 bits per heavy atom. The molecule has 8 heteroatoms. The molecule has 1 aliphatic heterocycles. The van der Waals surface area contributed by atoms with Crippen molar-refractivity contribution in [2.24, 2.45) is 0 Å². The van der Waals surface area contributed by atoms with Gasteiger partial charge in [-0.15, -0.1) is 5.10 Å². The Kier molecular flexibility index (Phi) is 3.27. The average molecular weight is 288 g/mol. The van der Waals surface area contributed by atoms with Crippen molar-refractivity contribution < 1.29 is 19.4 Å². The molecule has 2 heterocycles. The molecule has 1 amide bonds. The van der Waals surface area contributed by atoms with Crippen LogP contribution in [-0.2, 0) is 11.3 Å². The Labute approximate surface area is 119 Å². The van der Waals surface area contributed by atoms with Gasteiger partial charge in [0.2, 0.25) is 5.91 Å². The number of nitrogens with zero attached hydrogens (tertiary/aromatic N) is 4. The molecule has 0 bridgehead atoms. The summed E-state index contributed by atoms with van der Waals surface area (Å²) in [6.07, 6.45) is 3.08. The van der Waals surface area contributed by atoms with E-state index in [4.69, 9.17) is 9.84 Å². The van der Waals surface area contributed by atoms with Crippen LogP contribution in [0.2, 0.25) is 0 Å². The van der Waals surface area contributed by atoms with Gasteiger partial charge in [-0.1, -0.05) is 11.3 Å². The first-order valence-electron chi connectivity index (χ1n) is 6.30. The van der Waals surface area contributed by atoms with Crippen molar-refractivity contribution in [3.8, 4) is 5.75 Å². The van der Waals surface area contributed by atoms with Crippen molar-refractivity contribution in [3.63, 3.8) is 0 Å². The molecule has 0 fully saturated rings. The quantitative estimate of drug-likeness (QED) is 0.878. The summed E-state index contributed by atoms with van der Waals surface area (Å²) in [5.74, 6) is -1.06. The molecule has 108 valence electrons. The second kappa shape index (κ2) is 5.23. The predicted molar refractivity (Wildman–Crippen MR) is 71.3 cm³/mol. The summed E-state index contributed by atoms with van der Waals surface area (Å²) in [7, 11) is 0. The molecule has 3 rings (SSSR count). The number of aromatic carboxylic acids is 1. The highest BCUT2D eigenvalue weighted by Gasteiger charge is 2.27. The first kappa shape index (κ1) is 13.1. The summed E-state index contributed by atoms with van der Waals surface area (Å²) in [6.45, 7) is 0.654. The van der Waals surface area contributed by atoms with E-state index in [0.717, 1.165) is 0 Å². The molecule has 1 N–H and O–H groups in total. The van der Waals surface area contributed by atoms with Gasteiger partial charge in [-0.3, -0.25) is 4.79 Å². The van der Waals surface area contributed by atoms with E-state index >= 15 is 0 Å². The molecule has 2 aromatic rings. The summed E-state index contributed by atoms with van der Waals surface area (Å²) in [5.41, 5.74) is 0.511. The number of benzene rings is 1. The number of amides is 1. The number of fused-ring (bicyclic) bond motifs is 1. The standard InChI is InChI=1S/C13H12N4O4/c18-11(8-16-5-4-14-15-16)17-6-7-21-12-9(13(19)20)2-1-3-10(12)17/h1-5H,6-8H2,(H,19,20). The number of para-hydroxylation sites is 1. The fourth-order valence-electron chi connectivity index (χ4n) is 2.22. The van der Waals surface area contributed by atoms with Crippen LogP contribution < -0.4 is 9.64 Å². The Morgan fingerprint density at radius 3 is 2.95 bits per heavy atom. The molecule has 0 saturated heterocycles. The lowest BCUT2D eigenvalue weighted by Gasteiger charge is -2.30. The van der Waals surface area contributed by atoms with E-state index in [2.05, 4.69) is 10.3 Å². The molecule has 0 atom stereocenters. The van der Waals surface area contributed by atoms with Crippen LogP contribution in [0.15, 0.2) is 30.6 Å². The SMILES string of the molecule is O=C(O)c1cccc2c1OCCN2C(=O)Cn1ccnn1. The predicted octanol–water partition coefficient (Wildman–Crippen LogP) is 0.402. The minimum atomic E-state index is -1.09. The monoisotopic (exact) mass is 288 g/mol. The summed E-state index contributed by atoms with van der Waals surface area (Å²) in [5, 5.41) is 16.6. The number of aromatic nitrogens is 3. The molecule has 8 nitrogen and oxygen atoms in total. The molecule has 21 heavy (non-hydrogen) atoms. The van der Waals surface area contributed by atoms with Crippen LogP contribution in [-0.4, -0.2) is 45.1 Å². The highest BCUT2D eigenvalue weighted by molar-refractivity contribution is 5.99. The molecule has 1 aliphatic rings. The van der Waals surface area contributed by atoms with Crippen molar-refractivity contribution in [3.05, 3.63) is 36.2 Å². The number of hydrogen-bond donors (Lipinski definition) is 1. The summed E-state index contributed by atoms with van der Waals surface area (Å²) >= 11 is 0. The maximum absolute atomic E-state index is 12.3. The van der Waals surface area contributed by atoms with Crippen LogP contribution in [0.25, 0.3) is 0 Å². The number of ether oxygens (including phenoxy) is 1. The number of carboxylic acid groups (broad SMARTS) is 1. The zero-order valence-corrected chi connectivity index (χ0v) is 11.0. The molecule has 0 saturated carbocycles. The van der Waals surface area contributed by atoms with Crippen molar-refractivity contribution in [1.29, 1.82) is 0 Å². The second-order valence-corrected chi connectivity index (χ2v) is 4.45. The van der Waals surface area contributed by atoms with Crippen LogP contribution in [0.5, 0.6) is 5.75 Å². The van der Waals surface area contributed by atoms with Gasteiger partial charge < -0.3 is 14.7 Å². The first-order chi connectivity index (χ1) is 10.2. The molecule has 1 aromatic carbocycles. The fourth-order valence-corrected chi connectivity index (χ4v) is 2.22. The maximum atomic E-state index is 12.3. The van der Waals surface area contributed by atoms with E-state index in [0.29, 0.717) is 12.2 Å². The molecule has 0 aliphatic carbocycles. The molecule has 0 radical (unpaired) electrons. The lowest BCUT2D eigenvalue weighted by Crippen LogP contribution is -2.40. The number of carbonyl (C=O) groups excluding carboxylic acids is 1. The van der Waals surface area contributed by atoms with Crippen LogP contribution in [0.4, 0.5) is 5.69 Å². The number of rotatable bonds is 3. The summed E-state index contributed by atoms with van der Waals surface area (Å²) in [4.78, 5) is 25.1. The van der Waals surface area contributed by atoms with Crippen molar-refractivity contribution in [1.82, 2.24) is 15.0 Å². The number of carbonyl (C=O) groups is 2. The molecule has 0 unspecified atom stereocenters. The summed E-state index contributed by atoms with van der Waals surface area (Å²) in [6, 6.07) is 4.71. The van der Waals surface area contributed by atoms with Gasteiger partial charge in [-0.2, -0.15) is 0 Å². The molecular weight excluding hydrogens is 276 g/mol. The highest BCUT2D eigenvalue weighted by Crippen LogP contribution is 2.35. The average Bonchev–Trinajstić information content (AvgIpc) is 2.98. The lowest BCUT2D eigenvalue weighted by molar-refractivity contribution is -0.119. The zero-order chi connectivity index (χ0) is 14.8. The zero-order valence-electron chi connectivity index (χ0n) is 11.0. The Hall–Kier alpha value is -2.90. The van der Waals surface area contributed by atoms with E-state index in [1.54, 1.807) is 18.3 Å². The van der Waals surface area contributed by atoms with Crippen molar-refractivity contribution in [2.75, 3.05) is 18.1 Å². The number of anilines is 1. The number of hydrogen-bond acceptors (Lipinski definition) is 5.